The van der Waals surface area contributed by atoms with Crippen LogP contribution in [0.15, 0.2) is 6.07 Å². The van der Waals surface area contributed by atoms with E-state index in [0.717, 1.165) is 0 Å². The third kappa shape index (κ3) is 2.27. The number of hydrogen-bond acceptors (Lipinski definition) is 4. The first-order valence-electron chi connectivity index (χ1n) is 5.33. The minimum atomic E-state index is -1.01. The second-order valence-electron chi connectivity index (χ2n) is 3.92. The maximum absolute atomic E-state index is 13.5. The summed E-state index contributed by atoms with van der Waals surface area (Å²) >= 11 is 0. The summed E-state index contributed by atoms with van der Waals surface area (Å²) in [6.45, 7) is 1.07. The van der Waals surface area contributed by atoms with E-state index in [1.807, 2.05) is 0 Å². The minimum Gasteiger partial charge on any atom is -0.465 e. The van der Waals surface area contributed by atoms with Gasteiger partial charge in [-0.1, -0.05) is 0 Å². The van der Waals surface area contributed by atoms with Gasteiger partial charge in [0.15, 0.2) is 23.3 Å². The number of rotatable bonds is 1. The maximum atomic E-state index is 13.5. The second kappa shape index (κ2) is 4.63. The molecule has 6 nitrogen and oxygen atoms in total. The summed E-state index contributed by atoms with van der Waals surface area (Å²) in [5.41, 5.74) is 5.29. The van der Waals surface area contributed by atoms with Gasteiger partial charge in [-0.2, -0.15) is 0 Å². The zero-order chi connectivity index (χ0) is 13.3. The first-order valence-corrected chi connectivity index (χ1v) is 5.33. The van der Waals surface area contributed by atoms with Gasteiger partial charge in [-0.25, -0.2) is 18.6 Å². The number of nitrogen functional groups attached to an aromatic ring is 1. The maximum Gasteiger partial charge on any atom is 0.407 e. The number of halogens is 2. The Balaban J connectivity index is 2.15. The third-order valence-corrected chi connectivity index (χ3v) is 2.79. The summed E-state index contributed by atoms with van der Waals surface area (Å²) in [6, 6.07) is 0.682. The third-order valence-electron chi connectivity index (χ3n) is 2.79. The summed E-state index contributed by atoms with van der Waals surface area (Å²) in [5, 5.41) is 8.78. The van der Waals surface area contributed by atoms with Crippen molar-refractivity contribution >= 4 is 17.7 Å². The summed E-state index contributed by atoms with van der Waals surface area (Å²) < 4.78 is 26.5. The fourth-order valence-electron chi connectivity index (χ4n) is 1.80. The van der Waals surface area contributed by atoms with Crippen molar-refractivity contribution in [2.24, 2.45) is 0 Å². The quantitative estimate of drug-likeness (QED) is 0.776. The van der Waals surface area contributed by atoms with Crippen LogP contribution >= 0.6 is 0 Å². The topological polar surface area (TPSA) is 82.7 Å². The lowest BCUT2D eigenvalue weighted by atomic mass is 10.3. The van der Waals surface area contributed by atoms with Gasteiger partial charge in [-0.3, -0.25) is 0 Å². The molecule has 0 atom stereocenters. The van der Waals surface area contributed by atoms with Crippen molar-refractivity contribution < 1.29 is 18.7 Å². The van der Waals surface area contributed by atoms with E-state index in [1.165, 1.54) is 4.90 Å². The van der Waals surface area contributed by atoms with Crippen LogP contribution in [0.4, 0.5) is 25.2 Å². The number of aromatic nitrogens is 1. The van der Waals surface area contributed by atoms with Crippen molar-refractivity contribution in [1.29, 1.82) is 0 Å². The van der Waals surface area contributed by atoms with Crippen LogP contribution in [0.1, 0.15) is 0 Å². The molecule has 1 amide bonds. The fraction of sp³-hybridized carbons (Fsp3) is 0.400. The number of pyridine rings is 1. The number of anilines is 2. The van der Waals surface area contributed by atoms with Crippen molar-refractivity contribution in [1.82, 2.24) is 9.88 Å². The second-order valence-corrected chi connectivity index (χ2v) is 3.92. The lowest BCUT2D eigenvalue weighted by molar-refractivity contribution is 0.142. The van der Waals surface area contributed by atoms with Crippen LogP contribution < -0.4 is 10.6 Å². The van der Waals surface area contributed by atoms with E-state index in [9.17, 15) is 13.6 Å². The predicted molar refractivity (Wildman–Crippen MR) is 60.4 cm³/mol. The van der Waals surface area contributed by atoms with E-state index in [1.54, 1.807) is 4.90 Å². The van der Waals surface area contributed by atoms with Gasteiger partial charge in [0.05, 0.1) is 0 Å². The van der Waals surface area contributed by atoms with E-state index < -0.39 is 17.7 Å². The summed E-state index contributed by atoms with van der Waals surface area (Å²) in [7, 11) is 0. The number of piperazine rings is 1. The van der Waals surface area contributed by atoms with Crippen LogP contribution in [-0.4, -0.2) is 47.3 Å². The molecule has 0 radical (unpaired) electrons. The minimum absolute atomic E-state index is 0.0426. The Morgan fingerprint density at radius 2 is 1.89 bits per heavy atom. The van der Waals surface area contributed by atoms with Crippen LogP contribution in [0.5, 0.6) is 0 Å². The van der Waals surface area contributed by atoms with Gasteiger partial charge in [-0.15, -0.1) is 0 Å². The van der Waals surface area contributed by atoms with Crippen LogP contribution in [0.3, 0.4) is 0 Å². The van der Waals surface area contributed by atoms with Crippen molar-refractivity contribution in [2.45, 2.75) is 0 Å². The van der Waals surface area contributed by atoms with Crippen molar-refractivity contribution in [2.75, 3.05) is 36.8 Å². The highest BCUT2D eigenvalue weighted by atomic mass is 19.1. The van der Waals surface area contributed by atoms with Gasteiger partial charge < -0.3 is 20.6 Å². The molecule has 0 saturated carbocycles. The van der Waals surface area contributed by atoms with Gasteiger partial charge in [0.1, 0.15) is 0 Å². The monoisotopic (exact) mass is 258 g/mol. The lowest BCUT2D eigenvalue weighted by Crippen LogP contribution is -2.48. The van der Waals surface area contributed by atoms with Crippen LogP contribution in [-0.2, 0) is 0 Å². The van der Waals surface area contributed by atoms with Crippen molar-refractivity contribution in [3.63, 3.8) is 0 Å². The molecule has 0 aromatic carbocycles. The van der Waals surface area contributed by atoms with Crippen molar-refractivity contribution in [3.05, 3.63) is 17.7 Å². The van der Waals surface area contributed by atoms with Crippen LogP contribution in [0, 0.1) is 11.6 Å². The molecule has 0 spiro atoms. The Bertz CT molecular complexity index is 475. The Kier molecular flexibility index (Phi) is 3.17. The van der Waals surface area contributed by atoms with Gasteiger partial charge in [-0.05, 0) is 0 Å². The summed E-state index contributed by atoms with van der Waals surface area (Å²) in [4.78, 5) is 17.1. The Morgan fingerprint density at radius 3 is 2.44 bits per heavy atom. The Morgan fingerprint density at radius 1 is 1.28 bits per heavy atom. The van der Waals surface area contributed by atoms with E-state index in [2.05, 4.69) is 4.98 Å². The molecule has 3 N–H and O–H groups in total. The number of hydrogen-bond donors (Lipinski definition) is 2. The average molecular weight is 258 g/mol. The molecule has 1 fully saturated rings. The zero-order valence-corrected chi connectivity index (χ0v) is 9.44. The largest absolute Gasteiger partial charge is 0.465 e. The van der Waals surface area contributed by atoms with Crippen molar-refractivity contribution in [3.8, 4) is 0 Å². The molecule has 8 heteroatoms. The number of amides is 1. The average Bonchev–Trinajstić information content (AvgIpc) is 2.34. The molecule has 1 aliphatic heterocycles. The van der Waals surface area contributed by atoms with E-state index >= 15 is 0 Å². The first-order chi connectivity index (χ1) is 8.49. The fourth-order valence-corrected chi connectivity index (χ4v) is 1.80. The standard InChI is InChI=1S/C10H12F2N4O2/c11-6-5-7(12)9(14-8(6)13)15-1-3-16(4-2-15)10(17)18/h5H,1-4H2,(H2,13,14)(H,17,18). The molecule has 2 rings (SSSR count). The highest BCUT2D eigenvalue weighted by Gasteiger charge is 2.24. The van der Waals surface area contributed by atoms with Gasteiger partial charge in [0, 0.05) is 32.2 Å². The van der Waals surface area contributed by atoms with E-state index in [0.29, 0.717) is 19.2 Å². The molecule has 1 saturated heterocycles. The molecule has 0 aliphatic carbocycles. The van der Waals surface area contributed by atoms with Gasteiger partial charge in [0.25, 0.3) is 0 Å². The van der Waals surface area contributed by atoms with E-state index in [-0.39, 0.29) is 24.7 Å². The molecule has 0 bridgehead atoms. The highest BCUT2D eigenvalue weighted by molar-refractivity contribution is 5.65. The summed E-state index contributed by atoms with van der Waals surface area (Å²) in [5.74, 6) is -2.11. The van der Waals surface area contributed by atoms with E-state index in [4.69, 9.17) is 10.8 Å². The molecule has 0 unspecified atom stereocenters. The molecule has 2 heterocycles. The zero-order valence-electron chi connectivity index (χ0n) is 9.44. The highest BCUT2D eigenvalue weighted by Crippen LogP contribution is 2.21. The predicted octanol–water partition coefficient (Wildman–Crippen LogP) is 0.742. The number of carboxylic acid groups (broad SMARTS) is 1. The Labute approximate surface area is 102 Å². The smallest absolute Gasteiger partial charge is 0.407 e. The SMILES string of the molecule is Nc1nc(N2CCN(C(=O)O)CC2)c(F)cc1F. The molecule has 18 heavy (non-hydrogen) atoms. The summed E-state index contributed by atoms with van der Waals surface area (Å²) in [6.07, 6.45) is -1.01. The molecule has 1 aromatic heterocycles. The molecule has 1 aliphatic rings. The Hall–Kier alpha value is -2.12. The lowest BCUT2D eigenvalue weighted by Gasteiger charge is -2.33. The number of nitrogens with two attached hydrogens (primary N) is 1. The molecular formula is C10H12F2N4O2. The number of nitrogens with zero attached hydrogens (tertiary/aromatic N) is 3. The molecule has 98 valence electrons. The molecular weight excluding hydrogens is 246 g/mol. The first kappa shape index (κ1) is 12.3. The van der Waals surface area contributed by atoms with Gasteiger partial charge >= 0.3 is 6.09 Å². The normalized spacial score (nSPS) is 15.9. The van der Waals surface area contributed by atoms with Crippen LogP contribution in [0.25, 0.3) is 0 Å². The van der Waals surface area contributed by atoms with Crippen LogP contribution in [0.2, 0.25) is 0 Å². The number of carbonyl (C=O) groups is 1. The molecule has 1 aromatic rings. The van der Waals surface area contributed by atoms with Gasteiger partial charge in [0.2, 0.25) is 0 Å².